The van der Waals surface area contributed by atoms with Gasteiger partial charge in [-0.15, -0.1) is 0 Å². The van der Waals surface area contributed by atoms with Crippen molar-refractivity contribution in [3.8, 4) is 11.8 Å². The molecule has 0 aromatic heterocycles. The van der Waals surface area contributed by atoms with Crippen molar-refractivity contribution in [2.45, 2.75) is 32.7 Å². The maximum absolute atomic E-state index is 12.0. The smallest absolute Gasteiger partial charge is 0.258 e. The molecular formula is C20H22N2O2. The van der Waals surface area contributed by atoms with Crippen molar-refractivity contribution in [1.29, 1.82) is 5.26 Å². The minimum Gasteiger partial charge on any atom is -0.483 e. The second kappa shape index (κ2) is 7.65. The molecule has 0 atom stereocenters. The second-order valence-electron chi connectivity index (χ2n) is 6.62. The fourth-order valence-electron chi connectivity index (χ4n) is 2.36. The molecule has 124 valence electrons. The van der Waals surface area contributed by atoms with Gasteiger partial charge in [0.05, 0.1) is 11.6 Å². The van der Waals surface area contributed by atoms with Crippen LogP contribution in [0.25, 0.3) is 0 Å². The fraction of sp³-hybridized carbons (Fsp3) is 0.300. The minimum absolute atomic E-state index is 0.0367. The summed E-state index contributed by atoms with van der Waals surface area (Å²) < 4.78 is 5.69. The topological polar surface area (TPSA) is 62.1 Å². The van der Waals surface area contributed by atoms with Crippen LogP contribution < -0.4 is 10.1 Å². The first-order valence-electron chi connectivity index (χ1n) is 7.88. The Bertz CT molecular complexity index is 755. The van der Waals surface area contributed by atoms with Gasteiger partial charge in [-0.25, -0.2) is 0 Å². The third-order valence-electron chi connectivity index (χ3n) is 3.60. The van der Waals surface area contributed by atoms with Crippen molar-refractivity contribution >= 4 is 5.91 Å². The molecule has 1 amide bonds. The van der Waals surface area contributed by atoms with Gasteiger partial charge < -0.3 is 10.1 Å². The van der Waals surface area contributed by atoms with E-state index in [4.69, 9.17) is 10.00 Å². The lowest BCUT2D eigenvalue weighted by Crippen LogP contribution is -2.29. The lowest BCUT2D eigenvalue weighted by atomic mass is 9.86. The molecule has 4 nitrogen and oxygen atoms in total. The highest BCUT2D eigenvalue weighted by Crippen LogP contribution is 2.30. The molecule has 1 N–H and O–H groups in total. The zero-order valence-corrected chi connectivity index (χ0v) is 14.3. The molecule has 0 spiro atoms. The van der Waals surface area contributed by atoms with E-state index in [0.29, 0.717) is 12.1 Å². The van der Waals surface area contributed by atoms with Crippen LogP contribution in [0.4, 0.5) is 0 Å². The van der Waals surface area contributed by atoms with E-state index in [9.17, 15) is 4.79 Å². The fourth-order valence-corrected chi connectivity index (χ4v) is 2.36. The molecule has 0 saturated heterocycles. The SMILES string of the molecule is CC(C)(C)c1ccccc1OCC(=O)NCc1cccc(C#N)c1. The van der Waals surface area contributed by atoms with Gasteiger partial charge in [-0.1, -0.05) is 51.1 Å². The minimum atomic E-state index is -0.193. The summed E-state index contributed by atoms with van der Waals surface area (Å²) in [6.45, 7) is 6.66. The van der Waals surface area contributed by atoms with E-state index in [-0.39, 0.29) is 17.9 Å². The number of hydrogen-bond donors (Lipinski definition) is 1. The molecule has 2 rings (SSSR count). The quantitative estimate of drug-likeness (QED) is 0.915. The number of ether oxygens (including phenoxy) is 1. The summed E-state index contributed by atoms with van der Waals surface area (Å²) in [5.74, 6) is 0.535. The highest BCUT2D eigenvalue weighted by atomic mass is 16.5. The van der Waals surface area contributed by atoms with Crippen molar-refractivity contribution in [2.24, 2.45) is 0 Å². The predicted octanol–water partition coefficient (Wildman–Crippen LogP) is 3.55. The standard InChI is InChI=1S/C20H22N2O2/c1-20(2,3)17-9-4-5-10-18(17)24-14-19(23)22-13-16-8-6-7-15(11-16)12-21/h4-11H,13-14H2,1-3H3,(H,22,23). The number of amides is 1. The Morgan fingerprint density at radius 1 is 1.17 bits per heavy atom. The molecule has 0 bridgehead atoms. The Hall–Kier alpha value is -2.80. The number of carbonyl (C=O) groups is 1. The van der Waals surface area contributed by atoms with Crippen LogP contribution in [0.5, 0.6) is 5.75 Å². The molecule has 0 aliphatic heterocycles. The molecule has 4 heteroatoms. The van der Waals surface area contributed by atoms with Crippen molar-refractivity contribution in [2.75, 3.05) is 6.61 Å². The van der Waals surface area contributed by atoms with Gasteiger partial charge in [-0.05, 0) is 34.7 Å². The van der Waals surface area contributed by atoms with Gasteiger partial charge >= 0.3 is 0 Å². The molecule has 24 heavy (non-hydrogen) atoms. The zero-order chi connectivity index (χ0) is 17.6. The first-order chi connectivity index (χ1) is 11.4. The molecule has 0 unspecified atom stereocenters. The van der Waals surface area contributed by atoms with Crippen LogP contribution in [0.2, 0.25) is 0 Å². The normalized spacial score (nSPS) is 10.8. The summed E-state index contributed by atoms with van der Waals surface area (Å²) in [6.07, 6.45) is 0. The number of nitriles is 1. The van der Waals surface area contributed by atoms with Gasteiger partial charge in [-0.2, -0.15) is 5.26 Å². The molecule has 0 saturated carbocycles. The van der Waals surface area contributed by atoms with Gasteiger partial charge in [0.15, 0.2) is 6.61 Å². The van der Waals surface area contributed by atoms with Gasteiger partial charge in [0, 0.05) is 6.54 Å². The number of hydrogen-bond acceptors (Lipinski definition) is 3. The Balaban J connectivity index is 1.91. The summed E-state index contributed by atoms with van der Waals surface area (Å²) in [6, 6.07) is 17.0. The molecule has 0 radical (unpaired) electrons. The lowest BCUT2D eigenvalue weighted by Gasteiger charge is -2.22. The van der Waals surface area contributed by atoms with E-state index in [1.807, 2.05) is 30.3 Å². The first kappa shape index (κ1) is 17.6. The molecule has 0 fully saturated rings. The predicted molar refractivity (Wildman–Crippen MR) is 93.6 cm³/mol. The summed E-state index contributed by atoms with van der Waals surface area (Å²) >= 11 is 0. The molecular weight excluding hydrogens is 300 g/mol. The number of para-hydroxylation sites is 1. The summed E-state index contributed by atoms with van der Waals surface area (Å²) in [7, 11) is 0. The highest BCUT2D eigenvalue weighted by Gasteiger charge is 2.18. The van der Waals surface area contributed by atoms with Crippen LogP contribution in [-0.4, -0.2) is 12.5 Å². The summed E-state index contributed by atoms with van der Waals surface area (Å²) in [4.78, 5) is 12.0. The van der Waals surface area contributed by atoms with Crippen LogP contribution in [0.1, 0.15) is 37.5 Å². The second-order valence-corrected chi connectivity index (χ2v) is 6.62. The lowest BCUT2D eigenvalue weighted by molar-refractivity contribution is -0.123. The highest BCUT2D eigenvalue weighted by molar-refractivity contribution is 5.77. The van der Waals surface area contributed by atoms with Crippen LogP contribution in [0.3, 0.4) is 0 Å². The number of benzene rings is 2. The van der Waals surface area contributed by atoms with Crippen LogP contribution >= 0.6 is 0 Å². The maximum Gasteiger partial charge on any atom is 0.258 e. The van der Waals surface area contributed by atoms with E-state index < -0.39 is 0 Å². The van der Waals surface area contributed by atoms with Crippen molar-refractivity contribution < 1.29 is 9.53 Å². The largest absolute Gasteiger partial charge is 0.483 e. The number of nitrogens with one attached hydrogen (secondary N) is 1. The molecule has 2 aromatic carbocycles. The monoisotopic (exact) mass is 322 g/mol. The average molecular weight is 322 g/mol. The number of carbonyl (C=O) groups excluding carboxylic acids is 1. The summed E-state index contributed by atoms with van der Waals surface area (Å²) in [5, 5.41) is 11.7. The van der Waals surface area contributed by atoms with Crippen LogP contribution in [0.15, 0.2) is 48.5 Å². The van der Waals surface area contributed by atoms with Gasteiger partial charge in [0.25, 0.3) is 5.91 Å². The zero-order valence-electron chi connectivity index (χ0n) is 14.3. The third-order valence-corrected chi connectivity index (χ3v) is 3.60. The molecule has 0 aliphatic carbocycles. The Morgan fingerprint density at radius 2 is 1.92 bits per heavy atom. The number of rotatable bonds is 5. The Morgan fingerprint density at radius 3 is 2.62 bits per heavy atom. The molecule has 0 aliphatic rings. The van der Waals surface area contributed by atoms with E-state index >= 15 is 0 Å². The van der Waals surface area contributed by atoms with E-state index in [2.05, 4.69) is 32.2 Å². The average Bonchev–Trinajstić information content (AvgIpc) is 2.57. The van der Waals surface area contributed by atoms with E-state index in [1.165, 1.54) is 0 Å². The van der Waals surface area contributed by atoms with Gasteiger partial charge in [-0.3, -0.25) is 4.79 Å². The Labute approximate surface area is 143 Å². The molecule has 0 heterocycles. The van der Waals surface area contributed by atoms with Crippen molar-refractivity contribution in [3.05, 3.63) is 65.2 Å². The maximum atomic E-state index is 12.0. The Kier molecular flexibility index (Phi) is 5.59. The van der Waals surface area contributed by atoms with Crippen LogP contribution in [-0.2, 0) is 16.8 Å². The third kappa shape index (κ3) is 4.85. The first-order valence-corrected chi connectivity index (χ1v) is 7.88. The van der Waals surface area contributed by atoms with Gasteiger partial charge in [0.2, 0.25) is 0 Å². The van der Waals surface area contributed by atoms with Gasteiger partial charge in [0.1, 0.15) is 5.75 Å². The number of nitrogens with zero attached hydrogens (tertiary/aromatic N) is 1. The summed E-state index contributed by atoms with van der Waals surface area (Å²) in [5.41, 5.74) is 2.49. The van der Waals surface area contributed by atoms with Crippen molar-refractivity contribution in [1.82, 2.24) is 5.32 Å². The molecule has 2 aromatic rings. The van der Waals surface area contributed by atoms with Crippen molar-refractivity contribution in [3.63, 3.8) is 0 Å². The van der Waals surface area contributed by atoms with E-state index in [0.717, 1.165) is 16.9 Å². The van der Waals surface area contributed by atoms with Crippen LogP contribution in [0, 0.1) is 11.3 Å². The van der Waals surface area contributed by atoms with E-state index in [1.54, 1.807) is 18.2 Å².